The number of sulfonamides is 1. The first-order chi connectivity index (χ1) is 13.0. The van der Waals surface area contributed by atoms with Gasteiger partial charge in [-0.1, -0.05) is 19.3 Å². The van der Waals surface area contributed by atoms with Crippen molar-refractivity contribution in [3.63, 3.8) is 0 Å². The Morgan fingerprint density at radius 2 is 2.00 bits per heavy atom. The highest BCUT2D eigenvalue weighted by Crippen LogP contribution is 2.29. The van der Waals surface area contributed by atoms with Crippen LogP contribution < -0.4 is 9.62 Å². The molecule has 3 rings (SSSR count). The lowest BCUT2D eigenvalue weighted by molar-refractivity contribution is -0.116. The Labute approximate surface area is 162 Å². The van der Waals surface area contributed by atoms with Gasteiger partial charge in [-0.25, -0.2) is 13.1 Å². The number of amides is 1. The van der Waals surface area contributed by atoms with E-state index in [1.165, 1.54) is 26.2 Å². The molecule has 1 aliphatic heterocycles. The molecule has 1 heterocycles. The molecule has 0 spiro atoms. The van der Waals surface area contributed by atoms with Crippen LogP contribution in [0.2, 0.25) is 0 Å². The zero-order chi connectivity index (χ0) is 19.3. The number of hydrogen-bond donors (Lipinski definition) is 1. The van der Waals surface area contributed by atoms with E-state index in [9.17, 15) is 13.2 Å². The van der Waals surface area contributed by atoms with E-state index in [0.29, 0.717) is 32.2 Å². The van der Waals surface area contributed by atoms with Gasteiger partial charge in [0.05, 0.1) is 11.0 Å². The van der Waals surface area contributed by atoms with Crippen molar-refractivity contribution < 1.29 is 17.9 Å². The quantitative estimate of drug-likeness (QED) is 0.722. The normalized spacial score (nSPS) is 18.3. The van der Waals surface area contributed by atoms with Crippen LogP contribution in [0.25, 0.3) is 0 Å². The third kappa shape index (κ3) is 5.30. The van der Waals surface area contributed by atoms with Gasteiger partial charge in [-0.2, -0.15) is 0 Å². The first kappa shape index (κ1) is 20.3. The monoisotopic (exact) mass is 394 g/mol. The van der Waals surface area contributed by atoms with E-state index in [1.54, 1.807) is 23.1 Å². The summed E-state index contributed by atoms with van der Waals surface area (Å²) < 4.78 is 33.6. The number of hydrogen-bond acceptors (Lipinski definition) is 4. The molecular weight excluding hydrogens is 364 g/mol. The van der Waals surface area contributed by atoms with E-state index in [0.717, 1.165) is 36.9 Å². The first-order valence-corrected chi connectivity index (χ1v) is 11.5. The zero-order valence-electron chi connectivity index (χ0n) is 16.1. The fraction of sp³-hybridized carbons (Fsp3) is 0.650. The average Bonchev–Trinajstić information content (AvgIpc) is 2.67. The van der Waals surface area contributed by atoms with Gasteiger partial charge in [0, 0.05) is 32.3 Å². The molecule has 6 nitrogen and oxygen atoms in total. The molecule has 2 aliphatic rings. The SMILES string of the molecule is CC(=O)N1CCCc2cc(S(=O)(=O)NCCCOC3CCCCC3)ccc21. The van der Waals surface area contributed by atoms with Crippen molar-refractivity contribution >= 4 is 21.6 Å². The molecule has 1 amide bonds. The van der Waals surface area contributed by atoms with Gasteiger partial charge in [0.1, 0.15) is 0 Å². The summed E-state index contributed by atoms with van der Waals surface area (Å²) in [7, 11) is -3.55. The number of rotatable bonds is 7. The van der Waals surface area contributed by atoms with E-state index < -0.39 is 10.0 Å². The minimum absolute atomic E-state index is 0.0114. The van der Waals surface area contributed by atoms with E-state index in [2.05, 4.69) is 4.72 Å². The lowest BCUT2D eigenvalue weighted by atomic mass is 9.98. The number of anilines is 1. The molecule has 1 aromatic rings. The van der Waals surface area contributed by atoms with Gasteiger partial charge >= 0.3 is 0 Å². The van der Waals surface area contributed by atoms with Crippen LogP contribution in [0.5, 0.6) is 0 Å². The number of benzene rings is 1. The summed E-state index contributed by atoms with van der Waals surface area (Å²) in [6, 6.07) is 5.03. The van der Waals surface area contributed by atoms with E-state index in [-0.39, 0.29) is 10.8 Å². The largest absolute Gasteiger partial charge is 0.378 e. The number of aryl methyl sites for hydroxylation is 1. The molecule has 0 saturated heterocycles. The fourth-order valence-electron chi connectivity index (χ4n) is 3.91. The fourth-order valence-corrected chi connectivity index (χ4v) is 5.04. The van der Waals surface area contributed by atoms with Crippen molar-refractivity contribution in [3.8, 4) is 0 Å². The maximum atomic E-state index is 12.6. The molecular formula is C20H30N2O4S. The number of ether oxygens (including phenoxy) is 1. The Balaban J connectivity index is 1.53. The second-order valence-corrected chi connectivity index (χ2v) is 9.21. The summed E-state index contributed by atoms with van der Waals surface area (Å²) in [4.78, 5) is 13.7. The van der Waals surface area contributed by atoms with Crippen LogP contribution in [0.3, 0.4) is 0 Å². The Hall–Kier alpha value is -1.44. The van der Waals surface area contributed by atoms with Crippen molar-refractivity contribution in [2.45, 2.75) is 69.3 Å². The predicted molar refractivity (Wildman–Crippen MR) is 105 cm³/mol. The summed E-state index contributed by atoms with van der Waals surface area (Å²) in [6.07, 6.45) is 8.66. The highest BCUT2D eigenvalue weighted by atomic mass is 32.2. The molecule has 1 fully saturated rings. The Bertz CT molecular complexity index is 757. The minimum Gasteiger partial charge on any atom is -0.378 e. The van der Waals surface area contributed by atoms with Gasteiger partial charge in [-0.15, -0.1) is 0 Å². The van der Waals surface area contributed by atoms with E-state index in [4.69, 9.17) is 4.74 Å². The molecule has 27 heavy (non-hydrogen) atoms. The van der Waals surface area contributed by atoms with Crippen LogP contribution in [-0.2, 0) is 26.0 Å². The highest BCUT2D eigenvalue weighted by molar-refractivity contribution is 7.89. The van der Waals surface area contributed by atoms with Crippen LogP contribution >= 0.6 is 0 Å². The number of nitrogens with zero attached hydrogens (tertiary/aromatic N) is 1. The molecule has 0 unspecified atom stereocenters. The summed E-state index contributed by atoms with van der Waals surface area (Å²) in [5, 5.41) is 0. The maximum absolute atomic E-state index is 12.6. The maximum Gasteiger partial charge on any atom is 0.240 e. The summed E-state index contributed by atoms with van der Waals surface area (Å²) in [5.41, 5.74) is 1.74. The lowest BCUT2D eigenvalue weighted by Gasteiger charge is -2.28. The molecule has 1 aromatic carbocycles. The van der Waals surface area contributed by atoms with Crippen LogP contribution in [-0.4, -0.2) is 40.1 Å². The third-order valence-electron chi connectivity index (χ3n) is 5.38. The van der Waals surface area contributed by atoms with Gasteiger partial charge in [-0.05, 0) is 55.9 Å². The summed E-state index contributed by atoms with van der Waals surface area (Å²) >= 11 is 0. The van der Waals surface area contributed by atoms with Crippen LogP contribution in [0, 0.1) is 0 Å². The van der Waals surface area contributed by atoms with Crippen LogP contribution in [0.15, 0.2) is 23.1 Å². The Kier molecular flexibility index (Phi) is 6.89. The van der Waals surface area contributed by atoms with Gasteiger partial charge in [-0.3, -0.25) is 4.79 Å². The number of nitrogens with one attached hydrogen (secondary N) is 1. The molecule has 0 aromatic heterocycles. The highest BCUT2D eigenvalue weighted by Gasteiger charge is 2.23. The molecule has 1 N–H and O–H groups in total. The minimum atomic E-state index is -3.55. The number of carbonyl (C=O) groups is 1. The molecule has 0 atom stereocenters. The molecule has 0 radical (unpaired) electrons. The second kappa shape index (κ2) is 9.17. The van der Waals surface area contributed by atoms with Crippen molar-refractivity contribution in [2.24, 2.45) is 0 Å². The smallest absolute Gasteiger partial charge is 0.240 e. The second-order valence-electron chi connectivity index (χ2n) is 7.45. The average molecular weight is 395 g/mol. The zero-order valence-corrected chi connectivity index (χ0v) is 16.9. The molecule has 1 aliphatic carbocycles. The first-order valence-electron chi connectivity index (χ1n) is 10.00. The van der Waals surface area contributed by atoms with Crippen molar-refractivity contribution in [3.05, 3.63) is 23.8 Å². The lowest BCUT2D eigenvalue weighted by Crippen LogP contribution is -2.33. The Morgan fingerprint density at radius 1 is 1.22 bits per heavy atom. The molecule has 0 bridgehead atoms. The van der Waals surface area contributed by atoms with E-state index in [1.807, 2.05) is 0 Å². The van der Waals surface area contributed by atoms with Crippen LogP contribution in [0.1, 0.15) is 57.4 Å². The third-order valence-corrected chi connectivity index (χ3v) is 6.84. The number of fused-ring (bicyclic) bond motifs is 1. The Morgan fingerprint density at radius 3 is 2.74 bits per heavy atom. The summed E-state index contributed by atoms with van der Waals surface area (Å²) in [5.74, 6) is -0.0114. The van der Waals surface area contributed by atoms with Gasteiger partial charge < -0.3 is 9.64 Å². The van der Waals surface area contributed by atoms with Crippen molar-refractivity contribution in [1.82, 2.24) is 4.72 Å². The molecule has 1 saturated carbocycles. The van der Waals surface area contributed by atoms with Crippen molar-refractivity contribution in [1.29, 1.82) is 0 Å². The molecule has 7 heteroatoms. The van der Waals surface area contributed by atoms with Gasteiger partial charge in [0.25, 0.3) is 0 Å². The standard InChI is InChI=1S/C20H30N2O4S/c1-16(23)22-13-5-7-17-15-19(10-11-20(17)22)27(24,25)21-12-6-14-26-18-8-3-2-4-9-18/h10-11,15,18,21H,2-9,12-14H2,1H3. The van der Waals surface area contributed by atoms with Gasteiger partial charge in [0.2, 0.25) is 15.9 Å². The van der Waals surface area contributed by atoms with Crippen molar-refractivity contribution in [2.75, 3.05) is 24.6 Å². The number of carbonyl (C=O) groups excluding carboxylic acids is 1. The van der Waals surface area contributed by atoms with Gasteiger partial charge in [0.15, 0.2) is 0 Å². The predicted octanol–water partition coefficient (Wildman–Crippen LogP) is 3.00. The van der Waals surface area contributed by atoms with Crippen LogP contribution in [0.4, 0.5) is 5.69 Å². The summed E-state index contributed by atoms with van der Waals surface area (Å²) in [6.45, 7) is 3.18. The molecule has 150 valence electrons. The topological polar surface area (TPSA) is 75.7 Å². The van der Waals surface area contributed by atoms with E-state index >= 15 is 0 Å².